The maximum Gasteiger partial charge on any atom is 0.417 e. The molecule has 0 aliphatic heterocycles. The fourth-order valence-corrected chi connectivity index (χ4v) is 2.66. The monoisotopic (exact) mass is 399 g/mol. The number of nitrogens with one attached hydrogen (secondary N) is 1. The first-order chi connectivity index (χ1) is 13.6. The van der Waals surface area contributed by atoms with Gasteiger partial charge in [0.15, 0.2) is 5.78 Å². The smallest absolute Gasteiger partial charge is 0.349 e. The summed E-state index contributed by atoms with van der Waals surface area (Å²) < 4.78 is 39.6. The highest BCUT2D eigenvalue weighted by Crippen LogP contribution is 2.32. The molecule has 2 aromatic rings. The Balaban J connectivity index is 2.22. The van der Waals surface area contributed by atoms with E-state index in [9.17, 15) is 22.8 Å². The fourth-order valence-electron chi connectivity index (χ4n) is 2.66. The lowest BCUT2D eigenvalue weighted by Crippen LogP contribution is -2.40. The fraction of sp³-hybridized carbons (Fsp3) is 0.238. The minimum absolute atomic E-state index is 0.0856. The Hall–Kier alpha value is -3.65. The Labute approximate surface area is 165 Å². The topological polar surface area (TPSA) is 93.8 Å². The standard InChI is InChI=1S/C21H16F3N3O2/c1-12(19(28)16-6-3-14(10-25)4-7-16)13(2)27-20(29)17-9-15(11-26)5-8-18(17)21(22,23)24/h3-9,12-13H,1-2H3,(H,27,29). The van der Waals surface area contributed by atoms with Crippen molar-refractivity contribution in [3.63, 3.8) is 0 Å². The number of carbonyl (C=O) groups is 2. The van der Waals surface area contributed by atoms with Gasteiger partial charge in [-0.25, -0.2) is 0 Å². The van der Waals surface area contributed by atoms with Crippen molar-refractivity contribution >= 4 is 11.7 Å². The van der Waals surface area contributed by atoms with Crippen LogP contribution in [-0.4, -0.2) is 17.7 Å². The first-order valence-corrected chi connectivity index (χ1v) is 8.55. The van der Waals surface area contributed by atoms with Crippen molar-refractivity contribution in [1.29, 1.82) is 10.5 Å². The molecule has 2 unspecified atom stereocenters. The molecule has 0 saturated carbocycles. The number of hydrogen-bond donors (Lipinski definition) is 1. The Morgan fingerprint density at radius 2 is 1.52 bits per heavy atom. The Bertz CT molecular complexity index is 1020. The predicted octanol–water partition coefficient (Wildman–Crippen LogP) is 4.09. The van der Waals surface area contributed by atoms with Gasteiger partial charge in [0.1, 0.15) is 0 Å². The van der Waals surface area contributed by atoms with Gasteiger partial charge < -0.3 is 5.32 Å². The molecule has 0 aromatic heterocycles. The largest absolute Gasteiger partial charge is 0.417 e. The molecule has 0 bridgehead atoms. The van der Waals surface area contributed by atoms with Crippen molar-refractivity contribution < 1.29 is 22.8 Å². The van der Waals surface area contributed by atoms with Crippen molar-refractivity contribution in [1.82, 2.24) is 5.32 Å². The number of ketones is 1. The second-order valence-electron chi connectivity index (χ2n) is 6.47. The highest BCUT2D eigenvalue weighted by atomic mass is 19.4. The molecular formula is C21H16F3N3O2. The van der Waals surface area contributed by atoms with Crippen LogP contribution in [0, 0.1) is 28.6 Å². The van der Waals surface area contributed by atoms with Crippen LogP contribution >= 0.6 is 0 Å². The van der Waals surface area contributed by atoms with Crippen LogP contribution in [0.1, 0.15) is 51.3 Å². The van der Waals surface area contributed by atoms with E-state index in [1.807, 2.05) is 6.07 Å². The molecule has 0 spiro atoms. The van der Waals surface area contributed by atoms with Crippen LogP contribution in [0.25, 0.3) is 0 Å². The van der Waals surface area contributed by atoms with Crippen LogP contribution in [-0.2, 0) is 6.18 Å². The van der Waals surface area contributed by atoms with E-state index in [1.54, 1.807) is 13.0 Å². The third-order valence-corrected chi connectivity index (χ3v) is 4.52. The maximum atomic E-state index is 13.2. The van der Waals surface area contributed by atoms with E-state index >= 15 is 0 Å². The number of benzene rings is 2. The molecule has 0 aliphatic carbocycles. The molecule has 0 fully saturated rings. The number of hydrogen-bond acceptors (Lipinski definition) is 4. The molecule has 1 N–H and O–H groups in total. The summed E-state index contributed by atoms with van der Waals surface area (Å²) in [7, 11) is 0. The quantitative estimate of drug-likeness (QED) is 0.767. The zero-order valence-electron chi connectivity index (χ0n) is 15.5. The zero-order valence-corrected chi connectivity index (χ0v) is 15.5. The van der Waals surface area contributed by atoms with Crippen molar-refractivity contribution in [2.45, 2.75) is 26.1 Å². The molecule has 148 valence electrons. The second kappa shape index (κ2) is 8.57. The third-order valence-electron chi connectivity index (χ3n) is 4.52. The number of alkyl halides is 3. The van der Waals surface area contributed by atoms with E-state index in [0.717, 1.165) is 12.1 Å². The first-order valence-electron chi connectivity index (χ1n) is 8.55. The van der Waals surface area contributed by atoms with Gasteiger partial charge in [-0.1, -0.05) is 19.1 Å². The van der Waals surface area contributed by atoms with Crippen LogP contribution in [0.5, 0.6) is 0 Å². The van der Waals surface area contributed by atoms with Crippen molar-refractivity contribution in [3.8, 4) is 12.1 Å². The van der Waals surface area contributed by atoms with Gasteiger partial charge in [0, 0.05) is 17.5 Å². The van der Waals surface area contributed by atoms with E-state index in [0.29, 0.717) is 17.2 Å². The molecule has 2 aromatic carbocycles. The number of nitriles is 2. The highest BCUT2D eigenvalue weighted by molar-refractivity contribution is 6.00. The average Bonchev–Trinajstić information content (AvgIpc) is 2.71. The average molecular weight is 399 g/mol. The van der Waals surface area contributed by atoms with E-state index in [4.69, 9.17) is 10.5 Å². The van der Waals surface area contributed by atoms with Crippen LogP contribution in [0.3, 0.4) is 0 Å². The van der Waals surface area contributed by atoms with E-state index in [1.165, 1.54) is 31.2 Å². The van der Waals surface area contributed by atoms with Crippen molar-refractivity contribution in [2.75, 3.05) is 0 Å². The van der Waals surface area contributed by atoms with Crippen LogP contribution < -0.4 is 5.32 Å². The molecule has 0 radical (unpaired) electrons. The lowest BCUT2D eigenvalue weighted by Gasteiger charge is -2.21. The Morgan fingerprint density at radius 3 is 2.03 bits per heavy atom. The van der Waals surface area contributed by atoms with E-state index in [-0.39, 0.29) is 11.3 Å². The number of carbonyl (C=O) groups excluding carboxylic acids is 2. The van der Waals surface area contributed by atoms with Gasteiger partial charge >= 0.3 is 6.18 Å². The van der Waals surface area contributed by atoms with Gasteiger partial charge in [0.25, 0.3) is 5.91 Å². The summed E-state index contributed by atoms with van der Waals surface area (Å²) in [6, 6.07) is 11.3. The first kappa shape index (κ1) is 21.6. The molecule has 0 heterocycles. The summed E-state index contributed by atoms with van der Waals surface area (Å²) in [5.41, 5.74) is -1.22. The summed E-state index contributed by atoms with van der Waals surface area (Å²) in [5.74, 6) is -2.09. The van der Waals surface area contributed by atoms with Gasteiger partial charge in [0.05, 0.1) is 34.4 Å². The minimum atomic E-state index is -4.77. The maximum absolute atomic E-state index is 13.2. The Kier molecular flexibility index (Phi) is 6.40. The van der Waals surface area contributed by atoms with Crippen LogP contribution in [0.2, 0.25) is 0 Å². The van der Waals surface area contributed by atoms with E-state index < -0.39 is 35.2 Å². The molecule has 2 rings (SSSR count). The van der Waals surface area contributed by atoms with Crippen molar-refractivity contribution in [2.24, 2.45) is 5.92 Å². The Morgan fingerprint density at radius 1 is 0.966 bits per heavy atom. The molecule has 29 heavy (non-hydrogen) atoms. The minimum Gasteiger partial charge on any atom is -0.349 e. The normalized spacial score (nSPS) is 12.9. The number of halogens is 3. The zero-order chi connectivity index (χ0) is 21.8. The third kappa shape index (κ3) is 4.99. The number of amides is 1. The van der Waals surface area contributed by atoms with Gasteiger partial charge in [0.2, 0.25) is 0 Å². The number of Topliss-reactive ketones (excluding diaryl/α,β-unsaturated/α-hetero) is 1. The second-order valence-corrected chi connectivity index (χ2v) is 6.47. The molecule has 5 nitrogen and oxygen atoms in total. The van der Waals surface area contributed by atoms with Crippen LogP contribution in [0.4, 0.5) is 13.2 Å². The molecule has 0 aliphatic rings. The lowest BCUT2D eigenvalue weighted by molar-refractivity contribution is -0.137. The molecule has 1 amide bonds. The molecule has 8 heteroatoms. The van der Waals surface area contributed by atoms with Gasteiger partial charge in [-0.3, -0.25) is 9.59 Å². The van der Waals surface area contributed by atoms with E-state index in [2.05, 4.69) is 5.32 Å². The summed E-state index contributed by atoms with van der Waals surface area (Å²) in [6.45, 7) is 3.05. The summed E-state index contributed by atoms with van der Waals surface area (Å²) in [4.78, 5) is 25.0. The number of nitrogens with zero attached hydrogens (tertiary/aromatic N) is 2. The summed E-state index contributed by atoms with van der Waals surface area (Å²) in [5, 5.41) is 20.1. The predicted molar refractivity (Wildman–Crippen MR) is 97.7 cm³/mol. The summed E-state index contributed by atoms with van der Waals surface area (Å²) in [6.07, 6.45) is -4.77. The van der Waals surface area contributed by atoms with Gasteiger partial charge in [-0.2, -0.15) is 23.7 Å². The molecule has 0 saturated heterocycles. The SMILES string of the molecule is CC(NC(=O)c1cc(C#N)ccc1C(F)(F)F)C(C)C(=O)c1ccc(C#N)cc1. The number of rotatable bonds is 5. The molecule has 2 atom stereocenters. The van der Waals surface area contributed by atoms with Gasteiger partial charge in [-0.05, 0) is 37.3 Å². The van der Waals surface area contributed by atoms with Gasteiger partial charge in [-0.15, -0.1) is 0 Å². The molecular weight excluding hydrogens is 383 g/mol. The lowest BCUT2D eigenvalue weighted by atomic mass is 9.92. The van der Waals surface area contributed by atoms with Crippen molar-refractivity contribution in [3.05, 3.63) is 70.3 Å². The summed E-state index contributed by atoms with van der Waals surface area (Å²) >= 11 is 0. The highest BCUT2D eigenvalue weighted by Gasteiger charge is 2.36. The van der Waals surface area contributed by atoms with Crippen LogP contribution in [0.15, 0.2) is 42.5 Å².